The fourth-order valence-electron chi connectivity index (χ4n) is 3.53. The van der Waals surface area contributed by atoms with Crippen LogP contribution >= 0.6 is 0 Å². The van der Waals surface area contributed by atoms with Gasteiger partial charge in [0.2, 0.25) is 5.91 Å². The number of hydrogen-bond donors (Lipinski definition) is 1. The Labute approximate surface area is 91.2 Å². The van der Waals surface area contributed by atoms with Gasteiger partial charge in [-0.15, -0.1) is 0 Å². The zero-order valence-electron chi connectivity index (χ0n) is 9.41. The van der Waals surface area contributed by atoms with Crippen LogP contribution in [0.4, 0.5) is 0 Å². The van der Waals surface area contributed by atoms with Crippen LogP contribution < -0.4 is 5.32 Å². The van der Waals surface area contributed by atoms with Gasteiger partial charge >= 0.3 is 0 Å². The van der Waals surface area contributed by atoms with E-state index in [2.05, 4.69) is 17.1 Å². The molecule has 2 unspecified atom stereocenters. The number of amides is 1. The predicted molar refractivity (Wildman–Crippen MR) is 58.4 cm³/mol. The van der Waals surface area contributed by atoms with Crippen molar-refractivity contribution in [2.45, 2.75) is 32.2 Å². The van der Waals surface area contributed by atoms with Crippen molar-refractivity contribution >= 4 is 5.91 Å². The lowest BCUT2D eigenvalue weighted by atomic mass is 10.1. The number of fused-ring (bicyclic) bond motifs is 1. The van der Waals surface area contributed by atoms with Gasteiger partial charge in [-0.2, -0.15) is 0 Å². The van der Waals surface area contributed by atoms with Gasteiger partial charge in [0, 0.05) is 31.6 Å². The Morgan fingerprint density at radius 1 is 1.33 bits per heavy atom. The maximum Gasteiger partial charge on any atom is 0.226 e. The van der Waals surface area contributed by atoms with E-state index in [1.165, 1.54) is 19.3 Å². The Morgan fingerprint density at radius 2 is 2.07 bits per heavy atom. The number of piperazine rings is 1. The SMILES string of the molecule is C[C@@H]1CN(C(=O)C2C3CCCC32)CCN1. The van der Waals surface area contributed by atoms with Crippen molar-refractivity contribution in [3.8, 4) is 0 Å². The molecule has 1 amide bonds. The fourth-order valence-corrected chi connectivity index (χ4v) is 3.53. The first-order valence-corrected chi connectivity index (χ1v) is 6.29. The van der Waals surface area contributed by atoms with Crippen molar-refractivity contribution in [3.05, 3.63) is 0 Å². The Hall–Kier alpha value is -0.570. The zero-order valence-corrected chi connectivity index (χ0v) is 9.41. The maximum atomic E-state index is 12.2. The Balaban J connectivity index is 1.60. The number of nitrogens with zero attached hydrogens (tertiary/aromatic N) is 1. The average molecular weight is 208 g/mol. The minimum Gasteiger partial charge on any atom is -0.340 e. The number of rotatable bonds is 1. The summed E-state index contributed by atoms with van der Waals surface area (Å²) in [4.78, 5) is 14.3. The van der Waals surface area contributed by atoms with Crippen LogP contribution in [0.25, 0.3) is 0 Å². The summed E-state index contributed by atoms with van der Waals surface area (Å²) in [6.07, 6.45) is 3.97. The monoisotopic (exact) mass is 208 g/mol. The molecule has 0 spiro atoms. The van der Waals surface area contributed by atoms with E-state index in [0.717, 1.165) is 31.5 Å². The molecule has 1 heterocycles. The molecule has 3 atom stereocenters. The molecule has 0 aromatic heterocycles. The van der Waals surface area contributed by atoms with Crippen LogP contribution in [0.2, 0.25) is 0 Å². The van der Waals surface area contributed by atoms with Crippen LogP contribution in [-0.2, 0) is 4.79 Å². The zero-order chi connectivity index (χ0) is 10.4. The summed E-state index contributed by atoms with van der Waals surface area (Å²) in [5, 5.41) is 3.38. The van der Waals surface area contributed by atoms with Crippen LogP contribution in [0.1, 0.15) is 26.2 Å². The lowest BCUT2D eigenvalue weighted by Gasteiger charge is -2.32. The lowest BCUT2D eigenvalue weighted by molar-refractivity contribution is -0.134. The van der Waals surface area contributed by atoms with Gasteiger partial charge < -0.3 is 10.2 Å². The second-order valence-electron chi connectivity index (χ2n) is 5.42. The number of nitrogens with one attached hydrogen (secondary N) is 1. The second kappa shape index (κ2) is 3.48. The van der Waals surface area contributed by atoms with Crippen LogP contribution in [0, 0.1) is 17.8 Å². The van der Waals surface area contributed by atoms with Gasteiger partial charge in [-0.1, -0.05) is 6.42 Å². The first kappa shape index (κ1) is 9.64. The van der Waals surface area contributed by atoms with E-state index in [0.29, 0.717) is 17.9 Å². The summed E-state index contributed by atoms with van der Waals surface area (Å²) in [5.41, 5.74) is 0. The van der Waals surface area contributed by atoms with Crippen LogP contribution in [0.3, 0.4) is 0 Å². The largest absolute Gasteiger partial charge is 0.340 e. The second-order valence-corrected chi connectivity index (χ2v) is 5.42. The molecule has 3 fully saturated rings. The van der Waals surface area contributed by atoms with Crippen molar-refractivity contribution in [2.75, 3.05) is 19.6 Å². The molecule has 1 saturated heterocycles. The fraction of sp³-hybridized carbons (Fsp3) is 0.917. The van der Waals surface area contributed by atoms with E-state index < -0.39 is 0 Å². The van der Waals surface area contributed by atoms with E-state index >= 15 is 0 Å². The van der Waals surface area contributed by atoms with Crippen molar-refractivity contribution in [2.24, 2.45) is 17.8 Å². The molecule has 15 heavy (non-hydrogen) atoms. The highest BCUT2D eigenvalue weighted by atomic mass is 16.2. The van der Waals surface area contributed by atoms with Crippen LogP contribution in [-0.4, -0.2) is 36.5 Å². The maximum absolute atomic E-state index is 12.2. The van der Waals surface area contributed by atoms with Gasteiger partial charge in [0.25, 0.3) is 0 Å². The van der Waals surface area contributed by atoms with Gasteiger partial charge in [0.15, 0.2) is 0 Å². The van der Waals surface area contributed by atoms with E-state index in [9.17, 15) is 4.79 Å². The lowest BCUT2D eigenvalue weighted by Crippen LogP contribution is -2.52. The highest BCUT2D eigenvalue weighted by Gasteiger charge is 2.57. The summed E-state index contributed by atoms with van der Waals surface area (Å²) in [6.45, 7) is 4.95. The highest BCUT2D eigenvalue weighted by Crippen LogP contribution is 2.58. The third-order valence-electron chi connectivity index (χ3n) is 4.37. The molecule has 2 aliphatic carbocycles. The molecule has 2 saturated carbocycles. The molecule has 3 heteroatoms. The summed E-state index contributed by atoms with van der Waals surface area (Å²) in [7, 11) is 0. The summed E-state index contributed by atoms with van der Waals surface area (Å²) < 4.78 is 0. The number of hydrogen-bond acceptors (Lipinski definition) is 2. The number of carbonyl (C=O) groups is 1. The van der Waals surface area contributed by atoms with Gasteiger partial charge in [-0.25, -0.2) is 0 Å². The summed E-state index contributed by atoms with van der Waals surface area (Å²) in [5.74, 6) is 2.41. The molecule has 3 rings (SSSR count). The standard InChI is InChI=1S/C12H20N2O/c1-8-7-14(6-5-13-8)12(15)11-9-3-2-4-10(9)11/h8-11,13H,2-7H2,1H3/t8-,9?,10?,11?/m1/s1. The third-order valence-corrected chi connectivity index (χ3v) is 4.37. The Morgan fingerprint density at radius 3 is 2.73 bits per heavy atom. The van der Waals surface area contributed by atoms with E-state index in [1.807, 2.05) is 0 Å². The molecular formula is C12H20N2O. The highest BCUT2D eigenvalue weighted by molar-refractivity contribution is 5.82. The smallest absolute Gasteiger partial charge is 0.226 e. The van der Waals surface area contributed by atoms with Gasteiger partial charge in [0.05, 0.1) is 0 Å². The van der Waals surface area contributed by atoms with Gasteiger partial charge in [0.1, 0.15) is 0 Å². The molecule has 1 N–H and O–H groups in total. The summed E-state index contributed by atoms with van der Waals surface area (Å²) >= 11 is 0. The van der Waals surface area contributed by atoms with Gasteiger partial charge in [-0.3, -0.25) is 4.79 Å². The molecule has 3 aliphatic rings. The van der Waals surface area contributed by atoms with Crippen LogP contribution in [0.15, 0.2) is 0 Å². The molecular weight excluding hydrogens is 188 g/mol. The van der Waals surface area contributed by atoms with Gasteiger partial charge in [-0.05, 0) is 31.6 Å². The van der Waals surface area contributed by atoms with Crippen molar-refractivity contribution < 1.29 is 4.79 Å². The molecule has 0 aromatic rings. The molecule has 3 nitrogen and oxygen atoms in total. The Bertz CT molecular complexity index is 269. The Kier molecular flexibility index (Phi) is 2.23. The minimum absolute atomic E-state index is 0.420. The number of carbonyl (C=O) groups excluding carboxylic acids is 1. The van der Waals surface area contributed by atoms with Crippen molar-refractivity contribution in [1.82, 2.24) is 10.2 Å². The molecule has 1 aliphatic heterocycles. The molecule has 0 aromatic carbocycles. The minimum atomic E-state index is 0.420. The van der Waals surface area contributed by atoms with E-state index in [-0.39, 0.29) is 0 Å². The molecule has 0 bridgehead atoms. The molecule has 84 valence electrons. The normalized spacial score (nSPS) is 43.9. The molecule has 0 radical (unpaired) electrons. The average Bonchev–Trinajstić information content (AvgIpc) is 2.70. The van der Waals surface area contributed by atoms with Crippen LogP contribution in [0.5, 0.6) is 0 Å². The van der Waals surface area contributed by atoms with Crippen molar-refractivity contribution in [1.29, 1.82) is 0 Å². The quantitative estimate of drug-likeness (QED) is 0.693. The first-order chi connectivity index (χ1) is 7.27. The van der Waals surface area contributed by atoms with E-state index in [4.69, 9.17) is 0 Å². The van der Waals surface area contributed by atoms with Crippen molar-refractivity contribution in [3.63, 3.8) is 0 Å². The topological polar surface area (TPSA) is 32.3 Å². The summed E-state index contributed by atoms with van der Waals surface area (Å²) in [6, 6.07) is 0.473. The third kappa shape index (κ3) is 1.57. The predicted octanol–water partition coefficient (Wildman–Crippen LogP) is 0.853. The van der Waals surface area contributed by atoms with E-state index in [1.54, 1.807) is 0 Å². The first-order valence-electron chi connectivity index (χ1n) is 6.29.